The third-order valence-electron chi connectivity index (χ3n) is 14.8. The number of fused-ring (bicyclic) bond motifs is 6. The van der Waals surface area contributed by atoms with E-state index >= 15 is 0 Å². The summed E-state index contributed by atoms with van der Waals surface area (Å²) in [7, 11) is 0. The Hall–Kier alpha value is -9.96. The summed E-state index contributed by atoms with van der Waals surface area (Å²) in [5.41, 5.74) is 17.4. The first-order valence-corrected chi connectivity index (χ1v) is 25.6. The molecule has 352 valence electrons. The molecule has 1 aromatic heterocycles. The van der Waals surface area contributed by atoms with E-state index in [0.29, 0.717) is 0 Å². The smallest absolute Gasteiger partial charge is 0.143 e. The summed E-state index contributed by atoms with van der Waals surface area (Å²) >= 11 is 0. The Balaban J connectivity index is 0.906. The Labute approximate surface area is 436 Å². The lowest BCUT2D eigenvalue weighted by molar-refractivity contribution is 0.670. The van der Waals surface area contributed by atoms with Crippen LogP contribution in [0.4, 0.5) is 34.1 Å². The van der Waals surface area contributed by atoms with Crippen molar-refractivity contribution in [3.63, 3.8) is 0 Å². The molecule has 13 aromatic carbocycles. The van der Waals surface area contributed by atoms with Crippen molar-refractivity contribution in [1.82, 2.24) is 0 Å². The molecule has 0 aliphatic carbocycles. The molecule has 0 bridgehead atoms. The highest BCUT2D eigenvalue weighted by Crippen LogP contribution is 2.47. The van der Waals surface area contributed by atoms with Gasteiger partial charge in [0.25, 0.3) is 0 Å². The van der Waals surface area contributed by atoms with Gasteiger partial charge in [-0.3, -0.25) is 0 Å². The monoisotopic (exact) mass is 956 g/mol. The molecule has 14 rings (SSSR count). The molecule has 0 fully saturated rings. The number of rotatable bonds is 10. The van der Waals surface area contributed by atoms with Crippen molar-refractivity contribution < 1.29 is 4.42 Å². The third-order valence-corrected chi connectivity index (χ3v) is 14.8. The molecule has 0 amide bonds. The molecule has 3 nitrogen and oxygen atoms in total. The second-order valence-corrected chi connectivity index (χ2v) is 19.2. The number of furan rings is 1. The number of benzene rings is 13. The second-order valence-electron chi connectivity index (χ2n) is 19.2. The van der Waals surface area contributed by atoms with Crippen LogP contribution < -0.4 is 9.80 Å². The highest BCUT2D eigenvalue weighted by Gasteiger charge is 2.23. The fourth-order valence-corrected chi connectivity index (χ4v) is 11.2. The molecular weight excluding hydrogens is 909 g/mol. The molecule has 0 unspecified atom stereocenters. The summed E-state index contributed by atoms with van der Waals surface area (Å²) in [6, 6.07) is 105. The van der Waals surface area contributed by atoms with E-state index in [2.05, 4.69) is 295 Å². The van der Waals surface area contributed by atoms with E-state index in [9.17, 15) is 0 Å². The SMILES string of the molecule is c1ccc(-c2ccc(-c3ccc(N(c4ccc5ccccc5c4)c4ccccc4-c4cccc(N(c5ccc6ccccc6c5)c5ccc(-c6cccc7c6oc6ccccc67)c6ccccc56)c4)cc3)cc2)cc1. The second kappa shape index (κ2) is 18.6. The molecule has 3 heteroatoms. The third kappa shape index (κ3) is 7.95. The topological polar surface area (TPSA) is 19.6 Å². The molecule has 0 aliphatic rings. The first kappa shape index (κ1) is 43.8. The first-order valence-electron chi connectivity index (χ1n) is 25.6. The lowest BCUT2D eigenvalue weighted by atomic mass is 9.94. The Kier molecular flexibility index (Phi) is 10.8. The Morgan fingerprint density at radius 1 is 0.227 bits per heavy atom. The predicted molar refractivity (Wildman–Crippen MR) is 317 cm³/mol. The molecule has 0 atom stereocenters. The van der Waals surface area contributed by atoms with Gasteiger partial charge in [-0.2, -0.15) is 0 Å². The van der Waals surface area contributed by atoms with E-state index in [4.69, 9.17) is 4.42 Å². The van der Waals surface area contributed by atoms with E-state index in [0.717, 1.165) is 89.1 Å². The van der Waals surface area contributed by atoms with Crippen LogP contribution >= 0.6 is 0 Å². The van der Waals surface area contributed by atoms with Crippen LogP contribution in [0.3, 0.4) is 0 Å². The maximum Gasteiger partial charge on any atom is 0.143 e. The maximum atomic E-state index is 6.63. The van der Waals surface area contributed by atoms with Crippen LogP contribution in [0.5, 0.6) is 0 Å². The minimum Gasteiger partial charge on any atom is -0.455 e. The summed E-state index contributed by atoms with van der Waals surface area (Å²) < 4.78 is 6.63. The zero-order valence-corrected chi connectivity index (χ0v) is 41.0. The van der Waals surface area contributed by atoms with Gasteiger partial charge in [-0.25, -0.2) is 0 Å². The molecule has 0 spiro atoms. The van der Waals surface area contributed by atoms with Gasteiger partial charge in [-0.1, -0.05) is 224 Å². The van der Waals surface area contributed by atoms with Crippen LogP contribution in [0.1, 0.15) is 0 Å². The van der Waals surface area contributed by atoms with Crippen molar-refractivity contribution in [3.05, 3.63) is 291 Å². The summed E-state index contributed by atoms with van der Waals surface area (Å²) in [4.78, 5) is 4.84. The summed E-state index contributed by atoms with van der Waals surface area (Å²) in [5, 5.41) is 9.30. The molecule has 0 saturated heterocycles. The van der Waals surface area contributed by atoms with Gasteiger partial charge in [0.2, 0.25) is 0 Å². The number of para-hydroxylation sites is 3. The Morgan fingerprint density at radius 3 is 1.41 bits per heavy atom. The van der Waals surface area contributed by atoms with Crippen LogP contribution in [-0.4, -0.2) is 0 Å². The molecule has 14 aromatic rings. The van der Waals surface area contributed by atoms with Crippen LogP contribution in [0.15, 0.2) is 296 Å². The summed E-state index contributed by atoms with van der Waals surface area (Å²) in [6.45, 7) is 0. The first-order chi connectivity index (χ1) is 37.2. The largest absolute Gasteiger partial charge is 0.455 e. The molecule has 0 aliphatic heterocycles. The van der Waals surface area contributed by atoms with Gasteiger partial charge < -0.3 is 14.2 Å². The fraction of sp³-hybridized carbons (Fsp3) is 0. The average molecular weight is 957 g/mol. The van der Waals surface area contributed by atoms with Crippen LogP contribution in [0.25, 0.3) is 98.8 Å². The van der Waals surface area contributed by atoms with E-state index in [1.165, 1.54) is 43.8 Å². The van der Waals surface area contributed by atoms with Crippen molar-refractivity contribution in [2.45, 2.75) is 0 Å². The van der Waals surface area contributed by atoms with Crippen molar-refractivity contribution >= 4 is 88.4 Å². The zero-order chi connectivity index (χ0) is 49.7. The zero-order valence-electron chi connectivity index (χ0n) is 41.0. The number of nitrogens with zero attached hydrogens (tertiary/aromatic N) is 2. The van der Waals surface area contributed by atoms with Crippen molar-refractivity contribution in [3.8, 4) is 44.5 Å². The highest BCUT2D eigenvalue weighted by atomic mass is 16.3. The van der Waals surface area contributed by atoms with E-state index in [1.54, 1.807) is 0 Å². The molecular formula is C72H48N2O. The van der Waals surface area contributed by atoms with Gasteiger partial charge in [0.05, 0.1) is 11.4 Å². The lowest BCUT2D eigenvalue weighted by Gasteiger charge is -2.30. The number of anilines is 6. The van der Waals surface area contributed by atoms with Gasteiger partial charge >= 0.3 is 0 Å². The minimum absolute atomic E-state index is 0.893. The van der Waals surface area contributed by atoms with Gasteiger partial charge in [0.1, 0.15) is 11.2 Å². The Bertz CT molecular complexity index is 4420. The number of hydrogen-bond donors (Lipinski definition) is 0. The van der Waals surface area contributed by atoms with Crippen molar-refractivity contribution in [2.24, 2.45) is 0 Å². The highest BCUT2D eigenvalue weighted by molar-refractivity contribution is 6.14. The molecule has 0 N–H and O–H groups in total. The van der Waals surface area contributed by atoms with Gasteiger partial charge in [-0.15, -0.1) is 0 Å². The van der Waals surface area contributed by atoms with Crippen LogP contribution in [0.2, 0.25) is 0 Å². The van der Waals surface area contributed by atoms with E-state index < -0.39 is 0 Å². The summed E-state index contributed by atoms with van der Waals surface area (Å²) in [6.07, 6.45) is 0. The van der Waals surface area contributed by atoms with Gasteiger partial charge in [0.15, 0.2) is 0 Å². The van der Waals surface area contributed by atoms with Gasteiger partial charge in [0, 0.05) is 50.0 Å². The van der Waals surface area contributed by atoms with Crippen molar-refractivity contribution in [1.29, 1.82) is 0 Å². The maximum absolute atomic E-state index is 6.63. The van der Waals surface area contributed by atoms with Crippen molar-refractivity contribution in [2.75, 3.05) is 9.80 Å². The number of hydrogen-bond acceptors (Lipinski definition) is 3. The standard InChI is InChI=1S/C72H48N2O/c1-2-16-49(17-3-1)52-32-34-53(35-33-52)54-36-40-58(41-37-54)73(60-42-38-50-18-4-6-20-55(50)46-60)69-30-12-10-24-62(69)57-22-14-23-59(48-57)74(61-43-39-51-19-5-7-21-56(51)47-61)70-45-44-64(63-25-8-9-26-65(63)70)67-28-15-29-68-66-27-11-13-31-71(66)75-72(67)68/h1-48H. The van der Waals surface area contributed by atoms with E-state index in [-0.39, 0.29) is 0 Å². The van der Waals surface area contributed by atoms with Crippen LogP contribution in [0, 0.1) is 0 Å². The molecule has 75 heavy (non-hydrogen) atoms. The predicted octanol–water partition coefficient (Wildman–Crippen LogP) is 20.7. The van der Waals surface area contributed by atoms with Gasteiger partial charge in [-0.05, 0) is 127 Å². The molecule has 1 heterocycles. The fourth-order valence-electron chi connectivity index (χ4n) is 11.2. The molecule has 0 saturated carbocycles. The molecule has 0 radical (unpaired) electrons. The van der Waals surface area contributed by atoms with Crippen LogP contribution in [-0.2, 0) is 0 Å². The average Bonchev–Trinajstić information content (AvgIpc) is 3.87. The summed E-state index contributed by atoms with van der Waals surface area (Å²) in [5.74, 6) is 0. The van der Waals surface area contributed by atoms with E-state index in [1.807, 2.05) is 6.07 Å². The Morgan fingerprint density at radius 2 is 0.707 bits per heavy atom. The minimum atomic E-state index is 0.893. The normalized spacial score (nSPS) is 11.5. The quantitative estimate of drug-likeness (QED) is 0.136. The lowest BCUT2D eigenvalue weighted by Crippen LogP contribution is -2.12.